The van der Waals surface area contributed by atoms with Crippen LogP contribution in [-0.2, 0) is 6.42 Å². The highest BCUT2D eigenvalue weighted by atomic mass is 35.5. The van der Waals surface area contributed by atoms with Gasteiger partial charge in [0, 0.05) is 5.02 Å². The van der Waals surface area contributed by atoms with E-state index in [1.54, 1.807) is 0 Å². The van der Waals surface area contributed by atoms with Crippen molar-refractivity contribution >= 4 is 11.6 Å². The van der Waals surface area contributed by atoms with Gasteiger partial charge >= 0.3 is 0 Å². The normalized spacial score (nSPS) is 11.6. The van der Waals surface area contributed by atoms with Crippen molar-refractivity contribution in [2.24, 2.45) is 11.1 Å². The zero-order valence-corrected chi connectivity index (χ0v) is 11.7. The fraction of sp³-hybridized carbons (Fsp3) is 0.571. The molecule has 0 aliphatic carbocycles. The van der Waals surface area contributed by atoms with E-state index in [2.05, 4.69) is 20.8 Å². The van der Waals surface area contributed by atoms with Crippen molar-refractivity contribution in [3.63, 3.8) is 0 Å². The van der Waals surface area contributed by atoms with Crippen LogP contribution in [0.4, 0.5) is 0 Å². The van der Waals surface area contributed by atoms with E-state index in [-0.39, 0.29) is 0 Å². The van der Waals surface area contributed by atoms with Crippen molar-refractivity contribution in [2.45, 2.75) is 33.6 Å². The number of halogens is 1. The van der Waals surface area contributed by atoms with Gasteiger partial charge in [0.2, 0.25) is 0 Å². The zero-order chi connectivity index (χ0) is 12.9. The quantitative estimate of drug-likeness (QED) is 0.872. The van der Waals surface area contributed by atoms with Crippen LogP contribution < -0.4 is 10.5 Å². The van der Waals surface area contributed by atoms with E-state index in [0.29, 0.717) is 12.0 Å². The van der Waals surface area contributed by atoms with Crippen molar-refractivity contribution in [3.05, 3.63) is 28.8 Å². The summed E-state index contributed by atoms with van der Waals surface area (Å²) in [5.74, 6) is 0.907. The molecule has 0 bridgehead atoms. The molecule has 96 valence electrons. The van der Waals surface area contributed by atoms with E-state index in [0.717, 1.165) is 35.8 Å². The minimum atomic E-state index is 0.292. The van der Waals surface area contributed by atoms with Gasteiger partial charge in [-0.05, 0) is 48.6 Å². The lowest BCUT2D eigenvalue weighted by atomic mass is 9.93. The lowest BCUT2D eigenvalue weighted by molar-refractivity contribution is 0.241. The lowest BCUT2D eigenvalue weighted by Gasteiger charge is -2.19. The van der Waals surface area contributed by atoms with Crippen molar-refractivity contribution in [1.82, 2.24) is 0 Å². The predicted octanol–water partition coefficient (Wildman–Crippen LogP) is 3.66. The van der Waals surface area contributed by atoms with Gasteiger partial charge in [0.25, 0.3) is 0 Å². The second kappa shape index (κ2) is 6.27. The van der Waals surface area contributed by atoms with Crippen LogP contribution in [0, 0.1) is 5.41 Å². The van der Waals surface area contributed by atoms with E-state index in [9.17, 15) is 0 Å². The molecule has 0 spiro atoms. The summed E-state index contributed by atoms with van der Waals surface area (Å²) >= 11 is 5.96. The van der Waals surface area contributed by atoms with Crippen molar-refractivity contribution in [2.75, 3.05) is 13.2 Å². The van der Waals surface area contributed by atoms with Crippen LogP contribution >= 0.6 is 11.6 Å². The van der Waals surface area contributed by atoms with E-state index in [4.69, 9.17) is 22.1 Å². The largest absolute Gasteiger partial charge is 0.493 e. The minimum absolute atomic E-state index is 0.292. The van der Waals surface area contributed by atoms with Gasteiger partial charge in [0.1, 0.15) is 5.75 Å². The van der Waals surface area contributed by atoms with E-state index >= 15 is 0 Å². The maximum absolute atomic E-state index is 5.96. The van der Waals surface area contributed by atoms with Gasteiger partial charge in [-0.1, -0.05) is 32.4 Å². The number of nitrogens with two attached hydrogens (primary N) is 1. The molecule has 0 unspecified atom stereocenters. The van der Waals surface area contributed by atoms with Gasteiger partial charge in [-0.2, -0.15) is 0 Å². The molecule has 3 heteroatoms. The Morgan fingerprint density at radius 3 is 2.59 bits per heavy atom. The van der Waals surface area contributed by atoms with Crippen molar-refractivity contribution < 1.29 is 4.74 Å². The molecule has 0 radical (unpaired) electrons. The molecular formula is C14H22ClNO. The van der Waals surface area contributed by atoms with E-state index in [1.165, 1.54) is 0 Å². The molecule has 2 nitrogen and oxygen atoms in total. The summed E-state index contributed by atoms with van der Waals surface area (Å²) in [6, 6.07) is 5.71. The summed E-state index contributed by atoms with van der Waals surface area (Å²) < 4.78 is 5.81. The topological polar surface area (TPSA) is 35.2 Å². The van der Waals surface area contributed by atoms with Crippen LogP contribution in [0.1, 0.15) is 32.8 Å². The molecule has 0 aliphatic rings. The highest BCUT2D eigenvalue weighted by molar-refractivity contribution is 6.30. The molecule has 0 atom stereocenters. The van der Waals surface area contributed by atoms with E-state index in [1.807, 2.05) is 18.2 Å². The molecule has 0 heterocycles. The molecule has 0 saturated heterocycles. The number of ether oxygens (including phenoxy) is 1. The molecule has 1 aromatic carbocycles. The average molecular weight is 256 g/mol. The van der Waals surface area contributed by atoms with Gasteiger partial charge in [-0.25, -0.2) is 0 Å². The zero-order valence-electron chi connectivity index (χ0n) is 10.9. The van der Waals surface area contributed by atoms with Gasteiger partial charge in [0.05, 0.1) is 6.61 Å². The Morgan fingerprint density at radius 1 is 1.29 bits per heavy atom. The van der Waals surface area contributed by atoms with Gasteiger partial charge < -0.3 is 10.5 Å². The van der Waals surface area contributed by atoms with Gasteiger partial charge in [-0.15, -0.1) is 0 Å². The van der Waals surface area contributed by atoms with Crippen LogP contribution in [0.3, 0.4) is 0 Å². The Hall–Kier alpha value is -0.730. The smallest absolute Gasteiger partial charge is 0.122 e. The highest BCUT2D eigenvalue weighted by Gasteiger charge is 2.11. The first-order valence-corrected chi connectivity index (χ1v) is 6.41. The van der Waals surface area contributed by atoms with Gasteiger partial charge in [0.15, 0.2) is 0 Å². The Morgan fingerprint density at radius 2 is 2.00 bits per heavy atom. The van der Waals surface area contributed by atoms with Crippen molar-refractivity contribution in [3.8, 4) is 5.75 Å². The molecular weight excluding hydrogens is 234 g/mol. The molecule has 1 aromatic rings. The van der Waals surface area contributed by atoms with Gasteiger partial charge in [-0.3, -0.25) is 0 Å². The van der Waals surface area contributed by atoms with Crippen molar-refractivity contribution in [1.29, 1.82) is 0 Å². The molecule has 0 saturated carbocycles. The first-order chi connectivity index (χ1) is 7.92. The third kappa shape index (κ3) is 5.42. The Labute approximate surface area is 109 Å². The average Bonchev–Trinajstić information content (AvgIpc) is 2.20. The fourth-order valence-electron chi connectivity index (χ4n) is 1.51. The van der Waals surface area contributed by atoms with Crippen LogP contribution in [0.25, 0.3) is 0 Å². The Kier molecular flexibility index (Phi) is 5.29. The highest BCUT2D eigenvalue weighted by Crippen LogP contribution is 2.25. The molecule has 0 fully saturated rings. The number of rotatable bonds is 5. The SMILES string of the molecule is CC(C)(C)CCOc1ccc(Cl)cc1CCN. The van der Waals surface area contributed by atoms with Crippen LogP contribution in [-0.4, -0.2) is 13.2 Å². The molecule has 1 rings (SSSR count). The third-order valence-corrected chi connectivity index (χ3v) is 2.78. The third-order valence-electron chi connectivity index (χ3n) is 2.55. The lowest BCUT2D eigenvalue weighted by Crippen LogP contribution is -2.12. The summed E-state index contributed by atoms with van der Waals surface area (Å²) in [5, 5.41) is 0.733. The number of hydrogen-bond donors (Lipinski definition) is 1. The molecule has 0 aromatic heterocycles. The summed E-state index contributed by atoms with van der Waals surface area (Å²) in [7, 11) is 0. The monoisotopic (exact) mass is 255 g/mol. The summed E-state index contributed by atoms with van der Waals surface area (Å²) in [5.41, 5.74) is 6.96. The standard InChI is InChI=1S/C14H22ClNO/c1-14(2,3)7-9-17-13-5-4-12(15)10-11(13)6-8-16/h4-5,10H,6-9,16H2,1-3H3. The van der Waals surface area contributed by atoms with Crippen LogP contribution in [0.5, 0.6) is 5.75 Å². The number of hydrogen-bond acceptors (Lipinski definition) is 2. The molecule has 17 heavy (non-hydrogen) atoms. The van der Waals surface area contributed by atoms with Crippen LogP contribution in [0.15, 0.2) is 18.2 Å². The first kappa shape index (κ1) is 14.3. The number of benzene rings is 1. The Balaban J connectivity index is 2.63. The molecule has 0 aliphatic heterocycles. The van der Waals surface area contributed by atoms with E-state index < -0.39 is 0 Å². The molecule has 2 N–H and O–H groups in total. The minimum Gasteiger partial charge on any atom is -0.493 e. The summed E-state index contributed by atoms with van der Waals surface area (Å²) in [4.78, 5) is 0. The maximum atomic E-state index is 5.96. The summed E-state index contributed by atoms with van der Waals surface area (Å²) in [6.45, 7) is 7.95. The van der Waals surface area contributed by atoms with Crippen LogP contribution in [0.2, 0.25) is 5.02 Å². The second-order valence-electron chi connectivity index (χ2n) is 5.45. The Bertz CT molecular complexity index is 358. The first-order valence-electron chi connectivity index (χ1n) is 6.04. The summed E-state index contributed by atoms with van der Waals surface area (Å²) in [6.07, 6.45) is 1.82. The maximum Gasteiger partial charge on any atom is 0.122 e. The second-order valence-corrected chi connectivity index (χ2v) is 5.89. The molecule has 0 amide bonds. The fourth-order valence-corrected chi connectivity index (χ4v) is 1.70. The predicted molar refractivity (Wildman–Crippen MR) is 73.8 cm³/mol.